The molecule has 0 amide bonds. The van der Waals surface area contributed by atoms with E-state index in [-0.39, 0.29) is 24.3 Å². The molecule has 0 saturated heterocycles. The Kier molecular flexibility index (Phi) is 5.13. The fourth-order valence-electron chi connectivity index (χ4n) is 4.05. The normalized spacial score (nSPS) is 17.5. The van der Waals surface area contributed by atoms with Gasteiger partial charge in [-0.1, -0.05) is 0 Å². The minimum absolute atomic E-state index is 0.187. The van der Waals surface area contributed by atoms with Crippen LogP contribution in [0.25, 0.3) is 11.3 Å². The third kappa shape index (κ3) is 3.96. The number of ether oxygens (including phenoxy) is 4. The number of aryl methyl sites for hydroxylation is 1. The van der Waals surface area contributed by atoms with Crippen molar-refractivity contribution in [2.24, 2.45) is 15.4 Å². The molecule has 0 saturated carbocycles. The van der Waals surface area contributed by atoms with Gasteiger partial charge in [0.2, 0.25) is 5.88 Å². The van der Waals surface area contributed by atoms with E-state index in [1.165, 1.54) is 0 Å². The van der Waals surface area contributed by atoms with E-state index < -0.39 is 0 Å². The lowest BCUT2D eigenvalue weighted by Crippen LogP contribution is -2.35. The van der Waals surface area contributed by atoms with Crippen LogP contribution in [0, 0.1) is 0 Å². The Balaban J connectivity index is 1.18. The Labute approximate surface area is 193 Å². The van der Waals surface area contributed by atoms with Gasteiger partial charge in [-0.05, 0) is 47.5 Å². The van der Waals surface area contributed by atoms with Gasteiger partial charge in [0.05, 0.1) is 5.69 Å². The van der Waals surface area contributed by atoms with Crippen molar-refractivity contribution in [1.82, 2.24) is 14.5 Å². The minimum atomic E-state index is -0.347. The monoisotopic (exact) mass is 460 g/mol. The Morgan fingerprint density at radius 1 is 1.18 bits per heavy atom. The quantitative estimate of drug-likeness (QED) is 0.553. The second-order valence-corrected chi connectivity index (χ2v) is 8.00. The number of pyridine rings is 1. The van der Waals surface area contributed by atoms with E-state index in [0.717, 1.165) is 28.3 Å². The lowest BCUT2D eigenvalue weighted by molar-refractivity contribution is 0.0486. The highest BCUT2D eigenvalue weighted by atomic mass is 16.6. The van der Waals surface area contributed by atoms with Crippen LogP contribution in [0.3, 0.4) is 0 Å². The lowest BCUT2D eigenvalue weighted by atomic mass is 9.97. The number of hydrogen-bond donors (Lipinski definition) is 0. The minimum Gasteiger partial charge on any atom is -0.487 e. The van der Waals surface area contributed by atoms with Crippen LogP contribution in [0.4, 0.5) is 0 Å². The fraction of sp³-hybridized carbons (Fsp3) is 0.304. The summed E-state index contributed by atoms with van der Waals surface area (Å²) < 4.78 is 24.8. The molecule has 1 atom stereocenters. The first-order chi connectivity index (χ1) is 16.7. The molecule has 0 aliphatic carbocycles. The van der Waals surface area contributed by atoms with Gasteiger partial charge >= 0.3 is 5.69 Å². The van der Waals surface area contributed by atoms with Crippen LogP contribution >= 0.6 is 0 Å². The van der Waals surface area contributed by atoms with Crippen molar-refractivity contribution in [3.8, 4) is 34.5 Å². The molecule has 3 aromatic rings. The zero-order chi connectivity index (χ0) is 22.9. The average Bonchev–Trinajstić information content (AvgIpc) is 3.39. The SMILES string of the molecule is O=c1nc(OCC2COc3ncccc3O2)cc2n1CCc1cc(OCC3=NN=NC3)ccc1-2. The van der Waals surface area contributed by atoms with Gasteiger partial charge in [-0.15, -0.1) is 5.10 Å². The van der Waals surface area contributed by atoms with Crippen molar-refractivity contribution < 1.29 is 18.9 Å². The maximum Gasteiger partial charge on any atom is 0.351 e. The van der Waals surface area contributed by atoms with E-state index in [2.05, 4.69) is 25.4 Å². The van der Waals surface area contributed by atoms with Crippen molar-refractivity contribution in [2.75, 3.05) is 26.4 Å². The molecule has 11 nitrogen and oxygen atoms in total. The van der Waals surface area contributed by atoms with Gasteiger partial charge in [0.15, 0.2) is 11.9 Å². The molecule has 1 unspecified atom stereocenters. The number of rotatable bonds is 6. The second kappa shape index (κ2) is 8.58. The van der Waals surface area contributed by atoms with E-state index in [0.29, 0.717) is 44.4 Å². The summed E-state index contributed by atoms with van der Waals surface area (Å²) in [6.07, 6.45) is 2.01. The van der Waals surface area contributed by atoms with Gasteiger partial charge in [-0.3, -0.25) is 4.57 Å². The molecule has 11 heteroatoms. The van der Waals surface area contributed by atoms with Crippen LogP contribution in [0.15, 0.2) is 62.8 Å². The lowest BCUT2D eigenvalue weighted by Gasteiger charge is -2.26. The summed E-state index contributed by atoms with van der Waals surface area (Å²) in [6.45, 7) is 1.84. The van der Waals surface area contributed by atoms with Crippen LogP contribution in [-0.2, 0) is 13.0 Å². The molecule has 34 heavy (non-hydrogen) atoms. The predicted molar refractivity (Wildman–Crippen MR) is 120 cm³/mol. The number of benzene rings is 1. The van der Waals surface area contributed by atoms with Crippen LogP contribution in [0.1, 0.15) is 5.56 Å². The Morgan fingerprint density at radius 3 is 3.06 bits per heavy atom. The number of hydrogen-bond acceptors (Lipinski definition) is 10. The van der Waals surface area contributed by atoms with E-state index in [1.54, 1.807) is 29.0 Å². The number of fused-ring (bicyclic) bond motifs is 4. The van der Waals surface area contributed by atoms with Crippen LogP contribution in [0.2, 0.25) is 0 Å². The van der Waals surface area contributed by atoms with Crippen molar-refractivity contribution >= 4 is 5.71 Å². The van der Waals surface area contributed by atoms with Gasteiger partial charge in [0, 0.05) is 24.4 Å². The highest BCUT2D eigenvalue weighted by molar-refractivity contribution is 5.88. The topological polar surface area (TPSA) is 122 Å². The van der Waals surface area contributed by atoms with Crippen LogP contribution < -0.4 is 24.6 Å². The first-order valence-electron chi connectivity index (χ1n) is 10.9. The van der Waals surface area contributed by atoms with Crippen molar-refractivity contribution in [3.05, 3.63) is 58.6 Å². The molecule has 6 rings (SSSR count). The van der Waals surface area contributed by atoms with Crippen LogP contribution in [0.5, 0.6) is 23.3 Å². The van der Waals surface area contributed by atoms with E-state index in [4.69, 9.17) is 18.9 Å². The molecular weight excluding hydrogens is 440 g/mol. The van der Waals surface area contributed by atoms with Crippen LogP contribution in [-0.4, -0.2) is 52.7 Å². The Hall–Kier alpha value is -4.28. The van der Waals surface area contributed by atoms with Gasteiger partial charge in [-0.25, -0.2) is 9.78 Å². The summed E-state index contributed by atoms with van der Waals surface area (Å²) >= 11 is 0. The fourth-order valence-corrected chi connectivity index (χ4v) is 4.05. The first kappa shape index (κ1) is 20.3. The molecule has 5 heterocycles. The van der Waals surface area contributed by atoms with Gasteiger partial charge in [0.1, 0.15) is 37.8 Å². The van der Waals surface area contributed by atoms with Crippen molar-refractivity contribution in [2.45, 2.75) is 19.1 Å². The highest BCUT2D eigenvalue weighted by Crippen LogP contribution is 2.33. The molecule has 3 aliphatic heterocycles. The van der Waals surface area contributed by atoms with Crippen molar-refractivity contribution in [3.63, 3.8) is 0 Å². The summed E-state index contributed by atoms with van der Waals surface area (Å²) in [7, 11) is 0. The predicted octanol–water partition coefficient (Wildman–Crippen LogP) is 2.28. The van der Waals surface area contributed by atoms with Crippen molar-refractivity contribution in [1.29, 1.82) is 0 Å². The largest absolute Gasteiger partial charge is 0.487 e. The third-order valence-electron chi connectivity index (χ3n) is 5.71. The molecule has 0 bridgehead atoms. The Morgan fingerprint density at radius 2 is 2.15 bits per heavy atom. The zero-order valence-electron chi connectivity index (χ0n) is 18.1. The molecule has 0 radical (unpaired) electrons. The molecule has 2 aromatic heterocycles. The zero-order valence-corrected chi connectivity index (χ0v) is 18.1. The molecule has 0 N–H and O–H groups in total. The second-order valence-electron chi connectivity index (χ2n) is 8.00. The number of nitrogens with zero attached hydrogens (tertiary/aromatic N) is 6. The molecule has 3 aliphatic rings. The maximum atomic E-state index is 12.7. The summed E-state index contributed by atoms with van der Waals surface area (Å²) in [5.41, 5.74) is 3.24. The summed E-state index contributed by atoms with van der Waals surface area (Å²) in [4.78, 5) is 20.9. The molecule has 1 aromatic carbocycles. The summed E-state index contributed by atoms with van der Waals surface area (Å²) in [6, 6.07) is 11.2. The van der Waals surface area contributed by atoms with Gasteiger partial charge in [-0.2, -0.15) is 10.1 Å². The molecular formula is C23H20N6O5. The van der Waals surface area contributed by atoms with Gasteiger partial charge < -0.3 is 18.9 Å². The maximum absolute atomic E-state index is 12.7. The first-order valence-corrected chi connectivity index (χ1v) is 10.9. The average molecular weight is 460 g/mol. The highest BCUT2D eigenvalue weighted by Gasteiger charge is 2.24. The van der Waals surface area contributed by atoms with E-state index in [9.17, 15) is 4.79 Å². The third-order valence-corrected chi connectivity index (χ3v) is 5.71. The summed E-state index contributed by atoms with van der Waals surface area (Å²) in [5.74, 6) is 2.01. The van der Waals surface area contributed by atoms with E-state index >= 15 is 0 Å². The summed E-state index contributed by atoms with van der Waals surface area (Å²) in [5, 5.41) is 11.3. The molecule has 172 valence electrons. The number of aromatic nitrogens is 3. The molecule has 0 spiro atoms. The van der Waals surface area contributed by atoms with Gasteiger partial charge in [0.25, 0.3) is 5.88 Å². The van der Waals surface area contributed by atoms with E-state index in [1.807, 2.05) is 18.2 Å². The molecule has 0 fully saturated rings. The Bertz CT molecular complexity index is 1370. The smallest absolute Gasteiger partial charge is 0.351 e. The standard InChI is InChI=1S/C23H20N6O5/c30-23-26-21(32-12-17-13-33-22-20(34-17)2-1-6-24-22)9-19-18-4-3-16(8-14(18)5-7-29(19)23)31-11-15-10-25-28-27-15/h1-4,6,8-9,17H,5,7,10-13H2.